The molecule has 1 saturated carbocycles. The zero-order chi connectivity index (χ0) is 51.5. The Morgan fingerprint density at radius 2 is 1.46 bits per heavy atom. The van der Waals surface area contributed by atoms with E-state index in [1.165, 1.54) is 0 Å². The van der Waals surface area contributed by atoms with Crippen molar-refractivity contribution in [2.45, 2.75) is 117 Å². The SMILES string of the molecule is CN[C@@H](C)C(=O)N[C@H](C(=O)N1CCCC1C(=O)N[C@H]1c2ccccc2C[C@H]1OCCOCCOCCOCCOc1ccc(C(=O)NC2C(C)(C)C(Oc3ccc(C#N)c(Cl)c3)C2(C)C)cc1)C(C)(C)C. The van der Waals surface area contributed by atoms with Crippen LogP contribution in [0.4, 0.5) is 0 Å². The zero-order valence-corrected chi connectivity index (χ0v) is 43.5. The third kappa shape index (κ3) is 13.6. The number of nitrogens with zero attached hydrogens (tertiary/aromatic N) is 2. The number of fused-ring (bicyclic) bond motifs is 1. The molecule has 2 fully saturated rings. The number of likely N-dealkylation sites (tertiary alicyclic amines) is 1. The molecule has 5 atom stereocenters. The van der Waals surface area contributed by atoms with Crippen molar-refractivity contribution < 1.29 is 47.6 Å². The van der Waals surface area contributed by atoms with E-state index in [4.69, 9.17) is 40.0 Å². The monoisotopic (exact) mass is 1000 g/mol. The Hall–Kier alpha value is -5.28. The van der Waals surface area contributed by atoms with Crippen LogP contribution in [0.25, 0.3) is 0 Å². The molecule has 2 aliphatic carbocycles. The van der Waals surface area contributed by atoms with E-state index in [2.05, 4.69) is 55.0 Å². The van der Waals surface area contributed by atoms with Crippen LogP contribution < -0.4 is 30.7 Å². The van der Waals surface area contributed by atoms with E-state index in [0.717, 1.165) is 11.1 Å². The lowest BCUT2D eigenvalue weighted by molar-refractivity contribution is -0.164. The first-order valence-electron chi connectivity index (χ1n) is 24.7. The fourth-order valence-electron chi connectivity index (χ4n) is 10.2. The zero-order valence-electron chi connectivity index (χ0n) is 42.7. The molecule has 4 N–H and O–H groups in total. The van der Waals surface area contributed by atoms with Crippen molar-refractivity contribution in [1.29, 1.82) is 5.26 Å². The minimum atomic E-state index is -0.795. The van der Waals surface area contributed by atoms with Gasteiger partial charge >= 0.3 is 0 Å². The average Bonchev–Trinajstić information content (AvgIpc) is 3.97. The Balaban J connectivity index is 0.837. The summed E-state index contributed by atoms with van der Waals surface area (Å²) >= 11 is 6.24. The summed E-state index contributed by atoms with van der Waals surface area (Å²) in [6.07, 6.45) is 1.34. The molecule has 17 heteroatoms. The van der Waals surface area contributed by atoms with E-state index in [0.29, 0.717) is 106 Å². The van der Waals surface area contributed by atoms with Gasteiger partial charge in [-0.05, 0) is 79.8 Å². The molecule has 1 aliphatic heterocycles. The van der Waals surface area contributed by atoms with E-state index >= 15 is 0 Å². The molecule has 0 spiro atoms. The molecular formula is C54H73ClN6O10. The van der Waals surface area contributed by atoms with Crippen LogP contribution in [0.15, 0.2) is 66.7 Å². The highest BCUT2D eigenvalue weighted by Gasteiger charge is 2.64. The molecule has 0 radical (unpaired) electrons. The van der Waals surface area contributed by atoms with Crippen molar-refractivity contribution in [1.82, 2.24) is 26.2 Å². The second kappa shape index (κ2) is 24.4. The minimum absolute atomic E-state index is 0.161. The molecule has 0 aromatic heterocycles. The number of halogens is 1. The van der Waals surface area contributed by atoms with Crippen molar-refractivity contribution in [3.63, 3.8) is 0 Å². The van der Waals surface area contributed by atoms with Crippen LogP contribution in [0, 0.1) is 27.6 Å². The first-order chi connectivity index (χ1) is 33.8. The topological polar surface area (TPSA) is 199 Å². The van der Waals surface area contributed by atoms with Gasteiger partial charge in [-0.15, -0.1) is 0 Å². The maximum atomic E-state index is 14.0. The number of hydrogen-bond donors (Lipinski definition) is 4. The van der Waals surface area contributed by atoms with E-state index in [-0.39, 0.29) is 52.7 Å². The third-order valence-electron chi connectivity index (χ3n) is 13.9. The lowest BCUT2D eigenvalue weighted by Gasteiger charge is -2.63. The Morgan fingerprint density at radius 1 is 0.845 bits per heavy atom. The van der Waals surface area contributed by atoms with Crippen molar-refractivity contribution >= 4 is 35.2 Å². The quantitative estimate of drug-likeness (QED) is 0.0745. The summed E-state index contributed by atoms with van der Waals surface area (Å²) in [5, 5.41) is 21.8. The maximum Gasteiger partial charge on any atom is 0.251 e. The molecule has 3 aromatic carbocycles. The van der Waals surface area contributed by atoms with E-state index in [1.54, 1.807) is 61.3 Å². The number of nitriles is 1. The first kappa shape index (κ1) is 55.0. The highest BCUT2D eigenvalue weighted by molar-refractivity contribution is 6.31. The highest BCUT2D eigenvalue weighted by Crippen LogP contribution is 2.55. The van der Waals surface area contributed by atoms with Gasteiger partial charge in [0.25, 0.3) is 5.91 Å². The van der Waals surface area contributed by atoms with Crippen LogP contribution in [0.2, 0.25) is 5.02 Å². The number of carbonyl (C=O) groups is 4. The summed E-state index contributed by atoms with van der Waals surface area (Å²) in [5.41, 5.74) is 1.67. The van der Waals surface area contributed by atoms with Gasteiger partial charge < -0.3 is 54.6 Å². The summed E-state index contributed by atoms with van der Waals surface area (Å²) in [7, 11) is 1.69. The Morgan fingerprint density at radius 3 is 2.08 bits per heavy atom. The fourth-order valence-corrected chi connectivity index (χ4v) is 10.4. The number of carbonyl (C=O) groups excluding carboxylic acids is 4. The molecule has 0 bridgehead atoms. The van der Waals surface area contributed by atoms with Crippen LogP contribution in [0.5, 0.6) is 11.5 Å². The van der Waals surface area contributed by atoms with Gasteiger partial charge in [0.1, 0.15) is 42.4 Å². The van der Waals surface area contributed by atoms with Crippen molar-refractivity contribution in [2.24, 2.45) is 16.2 Å². The van der Waals surface area contributed by atoms with E-state index < -0.39 is 29.6 Å². The number of likely N-dealkylation sites (N-methyl/N-ethyl adjacent to an activating group) is 1. The lowest BCUT2D eigenvalue weighted by Crippen LogP contribution is -2.74. The number of hydrogen-bond acceptors (Lipinski definition) is 12. The summed E-state index contributed by atoms with van der Waals surface area (Å²) in [4.78, 5) is 55.7. The molecule has 1 saturated heterocycles. The van der Waals surface area contributed by atoms with Gasteiger partial charge in [0.05, 0.1) is 75.0 Å². The van der Waals surface area contributed by atoms with E-state index in [1.807, 2.05) is 45.0 Å². The highest BCUT2D eigenvalue weighted by atomic mass is 35.5. The molecule has 6 rings (SSSR count). The first-order valence-corrected chi connectivity index (χ1v) is 25.1. The van der Waals surface area contributed by atoms with Crippen LogP contribution in [-0.4, -0.2) is 131 Å². The predicted octanol–water partition coefficient (Wildman–Crippen LogP) is 6.18. The maximum absolute atomic E-state index is 14.0. The van der Waals surface area contributed by atoms with E-state index in [9.17, 15) is 24.4 Å². The van der Waals surface area contributed by atoms with Crippen LogP contribution in [0.3, 0.4) is 0 Å². The van der Waals surface area contributed by atoms with Crippen LogP contribution >= 0.6 is 11.6 Å². The van der Waals surface area contributed by atoms with Crippen molar-refractivity contribution in [3.8, 4) is 17.6 Å². The van der Waals surface area contributed by atoms with Gasteiger partial charge in [0.2, 0.25) is 17.7 Å². The number of rotatable bonds is 24. The molecule has 1 unspecified atom stereocenters. The van der Waals surface area contributed by atoms with Crippen molar-refractivity contribution in [3.05, 3.63) is 94.0 Å². The lowest BCUT2D eigenvalue weighted by atomic mass is 9.49. The summed E-state index contributed by atoms with van der Waals surface area (Å²) < 4.78 is 35.6. The summed E-state index contributed by atoms with van der Waals surface area (Å²) in [6.45, 7) is 19.1. The van der Waals surface area contributed by atoms with Gasteiger partial charge in [0.15, 0.2) is 0 Å². The Bertz CT molecular complexity index is 2330. The van der Waals surface area contributed by atoms with Gasteiger partial charge in [-0.2, -0.15) is 5.26 Å². The van der Waals surface area contributed by atoms with Gasteiger partial charge in [-0.1, -0.05) is 84.3 Å². The van der Waals surface area contributed by atoms with Gasteiger partial charge in [0, 0.05) is 41.5 Å². The molecule has 3 aromatic rings. The van der Waals surface area contributed by atoms with Crippen LogP contribution in [0.1, 0.15) is 101 Å². The minimum Gasteiger partial charge on any atom is -0.491 e. The molecular weight excluding hydrogens is 928 g/mol. The summed E-state index contributed by atoms with van der Waals surface area (Å²) in [6, 6.07) is 19.6. The Kier molecular flexibility index (Phi) is 18.9. The normalized spacial score (nSPS) is 21.8. The van der Waals surface area contributed by atoms with Crippen molar-refractivity contribution in [2.75, 3.05) is 66.4 Å². The average molecular weight is 1000 g/mol. The van der Waals surface area contributed by atoms with Crippen LogP contribution in [-0.2, 0) is 39.8 Å². The molecule has 386 valence electrons. The number of benzene rings is 3. The molecule has 3 aliphatic rings. The largest absolute Gasteiger partial charge is 0.491 e. The van der Waals surface area contributed by atoms with Gasteiger partial charge in [-0.3, -0.25) is 19.2 Å². The number of ether oxygens (including phenoxy) is 6. The molecule has 71 heavy (non-hydrogen) atoms. The second-order valence-electron chi connectivity index (χ2n) is 20.8. The smallest absolute Gasteiger partial charge is 0.251 e. The molecule has 4 amide bonds. The summed E-state index contributed by atoms with van der Waals surface area (Å²) in [5.74, 6) is 0.249. The Labute approximate surface area is 424 Å². The fraction of sp³-hybridized carbons (Fsp3) is 0.574. The number of nitrogens with one attached hydrogen (secondary N) is 4. The third-order valence-corrected chi connectivity index (χ3v) is 14.2. The number of amides is 4. The van der Waals surface area contributed by atoms with Gasteiger partial charge in [-0.25, -0.2) is 0 Å². The standard InChI is InChI=1S/C54H73ClN6O10/c1-34(57-9)46(62)59-45(52(2,3)4)49(65)61-22-12-15-42(61)48(64)58-44-40-14-11-10-13-36(40)31-43(44)70-30-28-68-26-24-66-23-25-67-27-29-69-38-19-16-35(17-20-38)47(63)60-50-53(5,6)51(54(50,7)8)71-39-21-18-37(33-56)41(55)32-39/h10-11,13-14,16-21,32,34,42-45,50-51,57H,12,15,22-31H2,1-9H3,(H,58,64)(H,59,62)(H,60,63)/t34-,42?,43+,44-,45+,50?,51?/m0/s1. The predicted molar refractivity (Wildman–Crippen MR) is 269 cm³/mol. The molecule has 1 heterocycles. The second-order valence-corrected chi connectivity index (χ2v) is 21.2. The molecule has 16 nitrogen and oxygen atoms in total.